The maximum absolute atomic E-state index is 11.4. The van der Waals surface area contributed by atoms with E-state index in [1.54, 1.807) is 23.5 Å². The number of hydrogen-bond donors (Lipinski definition) is 1. The summed E-state index contributed by atoms with van der Waals surface area (Å²) >= 11 is 1.59. The maximum atomic E-state index is 11.4. The molecule has 0 saturated heterocycles. The van der Waals surface area contributed by atoms with Gasteiger partial charge in [-0.25, -0.2) is 4.98 Å². The van der Waals surface area contributed by atoms with Crippen LogP contribution in [0.3, 0.4) is 0 Å². The Labute approximate surface area is 107 Å². The van der Waals surface area contributed by atoms with Crippen LogP contribution in [-0.2, 0) is 4.79 Å². The standard InChI is InChI=1S/C13H20N2OS/c1-10(2)5-4-8-14-13(16)7-6-12-9-17-11(3)15-12/h6-7,9-10H,4-5,8H2,1-3H3,(H,14,16)/b7-6+. The number of hydrogen-bond acceptors (Lipinski definition) is 3. The fraction of sp³-hybridized carbons (Fsp3) is 0.538. The SMILES string of the molecule is Cc1nc(/C=C/C(=O)NCCCC(C)C)cs1. The molecule has 1 rings (SSSR count). The summed E-state index contributed by atoms with van der Waals surface area (Å²) in [6.45, 7) is 7.07. The third kappa shape index (κ3) is 6.22. The third-order valence-corrected chi connectivity index (χ3v) is 3.09. The third-order valence-electron chi connectivity index (χ3n) is 2.30. The molecule has 4 heteroatoms. The van der Waals surface area contributed by atoms with Crippen molar-refractivity contribution in [1.29, 1.82) is 0 Å². The van der Waals surface area contributed by atoms with E-state index in [2.05, 4.69) is 24.1 Å². The number of nitrogens with zero attached hydrogens (tertiary/aromatic N) is 1. The molecule has 0 unspecified atom stereocenters. The highest BCUT2D eigenvalue weighted by atomic mass is 32.1. The molecule has 0 saturated carbocycles. The van der Waals surface area contributed by atoms with E-state index in [4.69, 9.17) is 0 Å². The summed E-state index contributed by atoms with van der Waals surface area (Å²) in [6, 6.07) is 0. The van der Waals surface area contributed by atoms with Gasteiger partial charge in [-0.2, -0.15) is 0 Å². The Kier molecular flexibility index (Phi) is 5.91. The summed E-state index contributed by atoms with van der Waals surface area (Å²) in [5.41, 5.74) is 0.852. The number of carbonyl (C=O) groups excluding carboxylic acids is 1. The lowest BCUT2D eigenvalue weighted by Gasteiger charge is -2.04. The molecular weight excluding hydrogens is 232 g/mol. The van der Waals surface area contributed by atoms with Crippen molar-refractivity contribution in [3.63, 3.8) is 0 Å². The van der Waals surface area contributed by atoms with Gasteiger partial charge in [-0.15, -0.1) is 11.3 Å². The fourth-order valence-corrected chi connectivity index (χ4v) is 1.98. The molecule has 0 bridgehead atoms. The molecule has 1 aromatic heterocycles. The van der Waals surface area contributed by atoms with E-state index in [-0.39, 0.29) is 5.91 Å². The summed E-state index contributed by atoms with van der Waals surface area (Å²) in [4.78, 5) is 15.7. The number of thiazole rings is 1. The number of aryl methyl sites for hydroxylation is 1. The van der Waals surface area contributed by atoms with E-state index < -0.39 is 0 Å². The molecule has 0 aliphatic carbocycles. The van der Waals surface area contributed by atoms with Crippen molar-refractivity contribution in [1.82, 2.24) is 10.3 Å². The zero-order valence-corrected chi connectivity index (χ0v) is 11.5. The van der Waals surface area contributed by atoms with E-state index in [1.165, 1.54) is 0 Å². The zero-order chi connectivity index (χ0) is 12.7. The normalized spacial score (nSPS) is 11.3. The molecule has 94 valence electrons. The second-order valence-electron chi connectivity index (χ2n) is 4.45. The quantitative estimate of drug-likeness (QED) is 0.624. The molecule has 1 N–H and O–H groups in total. The Bertz CT molecular complexity index is 383. The first-order valence-corrected chi connectivity index (χ1v) is 6.84. The number of rotatable bonds is 6. The molecule has 0 aromatic carbocycles. The minimum absolute atomic E-state index is 0.0422. The average molecular weight is 252 g/mol. The van der Waals surface area contributed by atoms with Gasteiger partial charge >= 0.3 is 0 Å². The predicted molar refractivity (Wildman–Crippen MR) is 73.0 cm³/mol. The Balaban J connectivity index is 2.23. The molecule has 0 radical (unpaired) electrons. The zero-order valence-electron chi connectivity index (χ0n) is 10.7. The Morgan fingerprint density at radius 1 is 1.59 bits per heavy atom. The van der Waals surface area contributed by atoms with Gasteiger partial charge in [0.25, 0.3) is 0 Å². The van der Waals surface area contributed by atoms with Gasteiger partial charge < -0.3 is 5.32 Å². The van der Waals surface area contributed by atoms with E-state index >= 15 is 0 Å². The lowest BCUT2D eigenvalue weighted by molar-refractivity contribution is -0.116. The number of carbonyl (C=O) groups is 1. The molecule has 17 heavy (non-hydrogen) atoms. The Hall–Kier alpha value is -1.16. The molecule has 0 fully saturated rings. The first-order chi connectivity index (χ1) is 8.08. The van der Waals surface area contributed by atoms with Crippen molar-refractivity contribution in [2.75, 3.05) is 6.54 Å². The van der Waals surface area contributed by atoms with Gasteiger partial charge in [0, 0.05) is 18.0 Å². The predicted octanol–water partition coefficient (Wildman–Crippen LogP) is 3.02. The Morgan fingerprint density at radius 2 is 2.35 bits per heavy atom. The van der Waals surface area contributed by atoms with Crippen molar-refractivity contribution in [3.05, 3.63) is 22.2 Å². The van der Waals surface area contributed by atoms with Crippen LogP contribution in [0.4, 0.5) is 0 Å². The van der Waals surface area contributed by atoms with Gasteiger partial charge in [0.05, 0.1) is 10.7 Å². The van der Waals surface area contributed by atoms with E-state index in [0.717, 1.165) is 30.1 Å². The van der Waals surface area contributed by atoms with Gasteiger partial charge in [-0.05, 0) is 31.8 Å². The first kappa shape index (κ1) is 13.9. The number of amides is 1. The molecular formula is C13H20N2OS. The van der Waals surface area contributed by atoms with Crippen molar-refractivity contribution >= 4 is 23.3 Å². The first-order valence-electron chi connectivity index (χ1n) is 5.96. The highest BCUT2D eigenvalue weighted by Gasteiger charge is 1.98. The van der Waals surface area contributed by atoms with Crippen LogP contribution in [0.15, 0.2) is 11.5 Å². The minimum Gasteiger partial charge on any atom is -0.353 e. The van der Waals surface area contributed by atoms with Crippen LogP contribution < -0.4 is 5.32 Å². The summed E-state index contributed by atoms with van der Waals surface area (Å²) in [7, 11) is 0. The molecule has 0 atom stereocenters. The summed E-state index contributed by atoms with van der Waals surface area (Å²) in [6.07, 6.45) is 5.48. The largest absolute Gasteiger partial charge is 0.353 e. The van der Waals surface area contributed by atoms with Gasteiger partial charge in [-0.1, -0.05) is 13.8 Å². The maximum Gasteiger partial charge on any atom is 0.244 e. The molecule has 0 aliphatic rings. The lowest BCUT2D eigenvalue weighted by atomic mass is 10.1. The molecule has 1 heterocycles. The fourth-order valence-electron chi connectivity index (χ4n) is 1.40. The Morgan fingerprint density at radius 3 is 2.94 bits per heavy atom. The van der Waals surface area contributed by atoms with E-state index in [1.807, 2.05) is 12.3 Å². The van der Waals surface area contributed by atoms with Crippen LogP contribution in [0, 0.1) is 12.8 Å². The van der Waals surface area contributed by atoms with Crippen molar-refractivity contribution in [3.8, 4) is 0 Å². The monoisotopic (exact) mass is 252 g/mol. The van der Waals surface area contributed by atoms with Gasteiger partial charge in [0.1, 0.15) is 0 Å². The lowest BCUT2D eigenvalue weighted by Crippen LogP contribution is -2.22. The van der Waals surface area contributed by atoms with Crippen LogP contribution in [0.1, 0.15) is 37.4 Å². The van der Waals surface area contributed by atoms with E-state index in [9.17, 15) is 4.79 Å². The van der Waals surface area contributed by atoms with Crippen LogP contribution in [0.5, 0.6) is 0 Å². The molecule has 0 spiro atoms. The summed E-state index contributed by atoms with van der Waals surface area (Å²) < 4.78 is 0. The topological polar surface area (TPSA) is 42.0 Å². The highest BCUT2D eigenvalue weighted by Crippen LogP contribution is 2.08. The van der Waals surface area contributed by atoms with Gasteiger partial charge in [-0.3, -0.25) is 4.79 Å². The van der Waals surface area contributed by atoms with Crippen molar-refractivity contribution in [2.45, 2.75) is 33.6 Å². The van der Waals surface area contributed by atoms with Gasteiger partial charge in [0.2, 0.25) is 5.91 Å². The van der Waals surface area contributed by atoms with Crippen LogP contribution in [0.25, 0.3) is 6.08 Å². The second kappa shape index (κ2) is 7.22. The molecule has 1 aromatic rings. The van der Waals surface area contributed by atoms with Crippen LogP contribution >= 0.6 is 11.3 Å². The number of nitrogens with one attached hydrogen (secondary N) is 1. The second-order valence-corrected chi connectivity index (χ2v) is 5.51. The van der Waals surface area contributed by atoms with E-state index in [0.29, 0.717) is 5.92 Å². The summed E-state index contributed by atoms with van der Waals surface area (Å²) in [5, 5.41) is 5.82. The minimum atomic E-state index is -0.0422. The van der Waals surface area contributed by atoms with Gasteiger partial charge in [0.15, 0.2) is 0 Å². The summed E-state index contributed by atoms with van der Waals surface area (Å²) in [5.74, 6) is 0.653. The number of aromatic nitrogens is 1. The highest BCUT2D eigenvalue weighted by molar-refractivity contribution is 7.09. The van der Waals surface area contributed by atoms with Crippen LogP contribution in [-0.4, -0.2) is 17.4 Å². The average Bonchev–Trinajstić information content (AvgIpc) is 2.67. The molecule has 3 nitrogen and oxygen atoms in total. The van der Waals surface area contributed by atoms with Crippen molar-refractivity contribution < 1.29 is 4.79 Å². The molecule has 1 amide bonds. The van der Waals surface area contributed by atoms with Crippen molar-refractivity contribution in [2.24, 2.45) is 5.92 Å². The smallest absolute Gasteiger partial charge is 0.244 e. The van der Waals surface area contributed by atoms with Crippen LogP contribution in [0.2, 0.25) is 0 Å². The molecule has 0 aliphatic heterocycles.